The third-order valence-electron chi connectivity index (χ3n) is 2.30. The number of hydrogen-bond acceptors (Lipinski definition) is 4. The molecule has 0 aromatic carbocycles. The van der Waals surface area contributed by atoms with Crippen LogP contribution < -0.4 is 10.6 Å². The van der Waals surface area contributed by atoms with Crippen molar-refractivity contribution < 1.29 is 9.53 Å². The molecule has 2 atom stereocenters. The van der Waals surface area contributed by atoms with Crippen molar-refractivity contribution in [1.29, 1.82) is 0 Å². The molecule has 0 aromatic rings. The number of ether oxygens (including phenoxy) is 1. The second-order valence-electron chi connectivity index (χ2n) is 3.87. The Kier molecular flexibility index (Phi) is 6.05. The zero-order chi connectivity index (χ0) is 11.1. The molecule has 1 fully saturated rings. The number of nitrogens with one attached hydrogen (secondary N) is 2. The van der Waals surface area contributed by atoms with E-state index in [0.717, 1.165) is 18.8 Å². The monoisotopic (exact) mass is 232 g/mol. The van der Waals surface area contributed by atoms with E-state index in [2.05, 4.69) is 23.8 Å². The SMILES string of the molecule is CSCC(C)CNC(=O)C1CNCCO1. The Morgan fingerprint density at radius 3 is 3.13 bits per heavy atom. The molecule has 0 aromatic heterocycles. The zero-order valence-electron chi connectivity index (χ0n) is 9.41. The van der Waals surface area contributed by atoms with E-state index in [0.29, 0.717) is 19.1 Å². The molecule has 0 bridgehead atoms. The van der Waals surface area contributed by atoms with Crippen molar-refractivity contribution in [3.05, 3.63) is 0 Å². The summed E-state index contributed by atoms with van der Waals surface area (Å²) in [4.78, 5) is 11.6. The van der Waals surface area contributed by atoms with E-state index in [-0.39, 0.29) is 12.0 Å². The van der Waals surface area contributed by atoms with Gasteiger partial charge in [0.1, 0.15) is 6.10 Å². The van der Waals surface area contributed by atoms with Gasteiger partial charge in [-0.15, -0.1) is 0 Å². The first-order chi connectivity index (χ1) is 7.24. The van der Waals surface area contributed by atoms with Crippen LogP contribution in [0.1, 0.15) is 6.92 Å². The summed E-state index contributed by atoms with van der Waals surface area (Å²) < 4.78 is 5.35. The van der Waals surface area contributed by atoms with Crippen molar-refractivity contribution in [2.45, 2.75) is 13.0 Å². The van der Waals surface area contributed by atoms with Gasteiger partial charge in [-0.1, -0.05) is 6.92 Å². The lowest BCUT2D eigenvalue weighted by Gasteiger charge is -2.23. The average Bonchev–Trinajstić information content (AvgIpc) is 2.27. The quantitative estimate of drug-likeness (QED) is 0.705. The van der Waals surface area contributed by atoms with Gasteiger partial charge >= 0.3 is 0 Å². The van der Waals surface area contributed by atoms with Crippen LogP contribution in [0.25, 0.3) is 0 Å². The Labute approximate surface area is 95.5 Å². The van der Waals surface area contributed by atoms with Crippen LogP contribution in [0, 0.1) is 5.92 Å². The highest BCUT2D eigenvalue weighted by atomic mass is 32.2. The standard InChI is InChI=1S/C10H20N2O2S/c1-8(7-15-2)5-12-10(13)9-6-11-3-4-14-9/h8-9,11H,3-7H2,1-2H3,(H,12,13). The van der Waals surface area contributed by atoms with Gasteiger partial charge in [-0.05, 0) is 17.9 Å². The lowest BCUT2D eigenvalue weighted by atomic mass is 10.2. The molecule has 4 nitrogen and oxygen atoms in total. The van der Waals surface area contributed by atoms with Crippen LogP contribution in [0.4, 0.5) is 0 Å². The summed E-state index contributed by atoms with van der Waals surface area (Å²) in [6, 6.07) is 0. The van der Waals surface area contributed by atoms with Crippen LogP contribution in [-0.2, 0) is 9.53 Å². The maximum absolute atomic E-state index is 11.6. The highest BCUT2D eigenvalue weighted by Gasteiger charge is 2.21. The lowest BCUT2D eigenvalue weighted by molar-refractivity contribution is -0.134. The molecule has 1 heterocycles. The Bertz CT molecular complexity index is 196. The van der Waals surface area contributed by atoms with Gasteiger partial charge in [0.2, 0.25) is 5.91 Å². The van der Waals surface area contributed by atoms with Crippen molar-refractivity contribution >= 4 is 17.7 Å². The molecule has 1 saturated heterocycles. The molecule has 0 aliphatic carbocycles. The van der Waals surface area contributed by atoms with E-state index in [1.807, 2.05) is 0 Å². The van der Waals surface area contributed by atoms with Gasteiger partial charge in [0.25, 0.3) is 0 Å². The highest BCUT2D eigenvalue weighted by Crippen LogP contribution is 2.03. The van der Waals surface area contributed by atoms with E-state index in [4.69, 9.17) is 4.74 Å². The summed E-state index contributed by atoms with van der Waals surface area (Å²) in [5.41, 5.74) is 0. The van der Waals surface area contributed by atoms with Crippen LogP contribution >= 0.6 is 11.8 Å². The Hall–Kier alpha value is -0.260. The van der Waals surface area contributed by atoms with Gasteiger partial charge in [0, 0.05) is 19.6 Å². The first-order valence-electron chi connectivity index (χ1n) is 5.33. The third kappa shape index (κ3) is 4.86. The maximum Gasteiger partial charge on any atom is 0.250 e. The van der Waals surface area contributed by atoms with Crippen molar-refractivity contribution in [3.8, 4) is 0 Å². The fourth-order valence-electron chi connectivity index (χ4n) is 1.47. The average molecular weight is 232 g/mol. The zero-order valence-corrected chi connectivity index (χ0v) is 10.2. The van der Waals surface area contributed by atoms with E-state index in [1.165, 1.54) is 0 Å². The molecule has 2 unspecified atom stereocenters. The number of thioether (sulfide) groups is 1. The largest absolute Gasteiger partial charge is 0.366 e. The molecular weight excluding hydrogens is 212 g/mol. The molecule has 0 spiro atoms. The van der Waals surface area contributed by atoms with Gasteiger partial charge < -0.3 is 15.4 Å². The molecule has 1 aliphatic rings. The number of hydrogen-bond donors (Lipinski definition) is 2. The second-order valence-corrected chi connectivity index (χ2v) is 4.78. The minimum absolute atomic E-state index is 0.00940. The number of carbonyl (C=O) groups excluding carboxylic acids is 1. The second kappa shape index (κ2) is 7.09. The van der Waals surface area contributed by atoms with Crippen LogP contribution in [0.5, 0.6) is 0 Å². The Morgan fingerprint density at radius 1 is 1.73 bits per heavy atom. The van der Waals surface area contributed by atoms with Crippen molar-refractivity contribution in [2.75, 3.05) is 38.2 Å². The number of carbonyl (C=O) groups is 1. The maximum atomic E-state index is 11.6. The minimum Gasteiger partial charge on any atom is -0.366 e. The summed E-state index contributed by atoms with van der Waals surface area (Å²) in [6.45, 7) is 4.96. The molecule has 1 rings (SSSR count). The molecule has 2 N–H and O–H groups in total. The van der Waals surface area contributed by atoms with Crippen molar-refractivity contribution in [2.24, 2.45) is 5.92 Å². The van der Waals surface area contributed by atoms with Gasteiger partial charge in [0.15, 0.2) is 0 Å². The van der Waals surface area contributed by atoms with Crippen LogP contribution in [0.3, 0.4) is 0 Å². The smallest absolute Gasteiger partial charge is 0.250 e. The topological polar surface area (TPSA) is 50.4 Å². The normalized spacial score (nSPS) is 23.5. The summed E-state index contributed by atoms with van der Waals surface area (Å²) in [6.07, 6.45) is 1.77. The number of amides is 1. The minimum atomic E-state index is -0.305. The molecule has 1 aliphatic heterocycles. The first kappa shape index (κ1) is 12.8. The van der Waals surface area contributed by atoms with Crippen LogP contribution in [0.2, 0.25) is 0 Å². The highest BCUT2D eigenvalue weighted by molar-refractivity contribution is 7.98. The predicted molar refractivity (Wildman–Crippen MR) is 63.2 cm³/mol. The molecular formula is C10H20N2O2S. The van der Waals surface area contributed by atoms with E-state index in [1.54, 1.807) is 11.8 Å². The van der Waals surface area contributed by atoms with Gasteiger partial charge in [-0.2, -0.15) is 11.8 Å². The molecule has 0 saturated carbocycles. The summed E-state index contributed by atoms with van der Waals surface area (Å²) in [5, 5.41) is 6.06. The molecule has 5 heteroatoms. The summed E-state index contributed by atoms with van der Waals surface area (Å²) in [7, 11) is 0. The molecule has 88 valence electrons. The molecule has 15 heavy (non-hydrogen) atoms. The Morgan fingerprint density at radius 2 is 2.53 bits per heavy atom. The number of morpholine rings is 1. The van der Waals surface area contributed by atoms with E-state index in [9.17, 15) is 4.79 Å². The lowest BCUT2D eigenvalue weighted by Crippen LogP contribution is -2.48. The van der Waals surface area contributed by atoms with Crippen LogP contribution in [-0.4, -0.2) is 50.3 Å². The third-order valence-corrected chi connectivity index (χ3v) is 3.20. The fourth-order valence-corrected chi connectivity index (χ4v) is 2.15. The number of rotatable bonds is 5. The van der Waals surface area contributed by atoms with Crippen LogP contribution in [0.15, 0.2) is 0 Å². The summed E-state index contributed by atoms with van der Waals surface area (Å²) in [5.74, 6) is 1.60. The van der Waals surface area contributed by atoms with Crippen molar-refractivity contribution in [3.63, 3.8) is 0 Å². The predicted octanol–water partition coefficient (Wildman–Crippen LogP) is 0.0901. The Balaban J connectivity index is 2.16. The molecule has 1 amide bonds. The van der Waals surface area contributed by atoms with Gasteiger partial charge in [-0.3, -0.25) is 4.79 Å². The first-order valence-corrected chi connectivity index (χ1v) is 6.72. The van der Waals surface area contributed by atoms with Gasteiger partial charge in [-0.25, -0.2) is 0 Å². The summed E-state index contributed by atoms with van der Waals surface area (Å²) >= 11 is 1.80. The van der Waals surface area contributed by atoms with Gasteiger partial charge in [0.05, 0.1) is 6.61 Å². The van der Waals surface area contributed by atoms with E-state index < -0.39 is 0 Å². The van der Waals surface area contributed by atoms with Crippen molar-refractivity contribution in [1.82, 2.24) is 10.6 Å². The van der Waals surface area contributed by atoms with E-state index >= 15 is 0 Å². The molecule has 0 radical (unpaired) electrons. The fraction of sp³-hybridized carbons (Fsp3) is 0.900.